The minimum atomic E-state index is -0.0847. The van der Waals surface area contributed by atoms with Crippen molar-refractivity contribution < 1.29 is 4.79 Å². The standard InChI is InChI=1S/C25H27N5OS/c1-16-12-13-21(15-17(16)2)30-19(4)22(28-29-30)25-27-18(3)23(32-25)24(31)26-14-8-11-20-9-6-5-7-10-20/h5-7,9-10,12-13,15H,8,11,14H2,1-4H3,(H,26,31). The molecule has 0 saturated carbocycles. The predicted molar refractivity (Wildman–Crippen MR) is 129 cm³/mol. The van der Waals surface area contributed by atoms with Gasteiger partial charge in [0.25, 0.3) is 5.91 Å². The summed E-state index contributed by atoms with van der Waals surface area (Å²) in [5.41, 5.74) is 7.01. The highest BCUT2D eigenvalue weighted by atomic mass is 32.1. The van der Waals surface area contributed by atoms with Crippen molar-refractivity contribution in [3.05, 3.63) is 81.5 Å². The van der Waals surface area contributed by atoms with Crippen LogP contribution in [-0.4, -0.2) is 32.4 Å². The summed E-state index contributed by atoms with van der Waals surface area (Å²) >= 11 is 1.36. The van der Waals surface area contributed by atoms with Crippen molar-refractivity contribution >= 4 is 17.2 Å². The molecular formula is C25H27N5OS. The van der Waals surface area contributed by atoms with Crippen LogP contribution in [0, 0.1) is 27.7 Å². The second-order valence-electron chi connectivity index (χ2n) is 7.98. The smallest absolute Gasteiger partial charge is 0.263 e. The number of carbonyl (C=O) groups is 1. The summed E-state index contributed by atoms with van der Waals surface area (Å²) in [6.45, 7) is 8.64. The van der Waals surface area contributed by atoms with E-state index in [9.17, 15) is 4.79 Å². The average molecular weight is 446 g/mol. The molecule has 0 aliphatic carbocycles. The molecule has 0 fully saturated rings. The van der Waals surface area contributed by atoms with Crippen LogP contribution in [0.25, 0.3) is 16.4 Å². The molecule has 4 rings (SSSR count). The fraction of sp³-hybridized carbons (Fsp3) is 0.280. The van der Waals surface area contributed by atoms with Crippen LogP contribution in [-0.2, 0) is 6.42 Å². The highest BCUT2D eigenvalue weighted by molar-refractivity contribution is 7.17. The Kier molecular flexibility index (Phi) is 6.46. The van der Waals surface area contributed by atoms with Gasteiger partial charge < -0.3 is 5.32 Å². The van der Waals surface area contributed by atoms with Crippen molar-refractivity contribution in [3.8, 4) is 16.4 Å². The number of aromatic nitrogens is 4. The second-order valence-corrected chi connectivity index (χ2v) is 8.98. The summed E-state index contributed by atoms with van der Waals surface area (Å²) in [6, 6.07) is 16.5. The Bertz CT molecular complexity index is 1240. The Morgan fingerprint density at radius 1 is 1.03 bits per heavy atom. The highest BCUT2D eigenvalue weighted by Gasteiger charge is 2.20. The summed E-state index contributed by atoms with van der Waals surface area (Å²) in [7, 11) is 0. The Morgan fingerprint density at radius 2 is 1.81 bits per heavy atom. The number of hydrogen-bond acceptors (Lipinski definition) is 5. The van der Waals surface area contributed by atoms with Gasteiger partial charge in [0.2, 0.25) is 0 Å². The van der Waals surface area contributed by atoms with Gasteiger partial charge in [-0.1, -0.05) is 41.6 Å². The van der Waals surface area contributed by atoms with Crippen molar-refractivity contribution in [1.29, 1.82) is 0 Å². The van der Waals surface area contributed by atoms with Crippen LogP contribution in [0.2, 0.25) is 0 Å². The minimum Gasteiger partial charge on any atom is -0.351 e. The summed E-state index contributed by atoms with van der Waals surface area (Å²) in [5, 5.41) is 12.4. The van der Waals surface area contributed by atoms with E-state index in [-0.39, 0.29) is 5.91 Å². The molecule has 2 aromatic carbocycles. The third-order valence-corrected chi connectivity index (χ3v) is 6.77. The Hall–Kier alpha value is -3.32. The SMILES string of the molecule is Cc1ccc(-n2nnc(-c3nc(C)c(C(=O)NCCCc4ccccc4)s3)c2C)cc1C. The van der Waals surface area contributed by atoms with Crippen LogP contribution in [0.4, 0.5) is 0 Å². The van der Waals surface area contributed by atoms with Gasteiger partial charge in [-0.05, 0) is 69.4 Å². The fourth-order valence-electron chi connectivity index (χ4n) is 3.56. The summed E-state index contributed by atoms with van der Waals surface area (Å²) in [6.07, 6.45) is 1.83. The van der Waals surface area contributed by atoms with E-state index in [0.29, 0.717) is 27.8 Å². The topological polar surface area (TPSA) is 72.7 Å². The molecule has 0 aliphatic rings. The summed E-state index contributed by atoms with van der Waals surface area (Å²) in [5.74, 6) is -0.0847. The normalized spacial score (nSPS) is 11.0. The van der Waals surface area contributed by atoms with Crippen molar-refractivity contribution in [2.24, 2.45) is 0 Å². The Balaban J connectivity index is 1.45. The molecular weight excluding hydrogens is 418 g/mol. The largest absolute Gasteiger partial charge is 0.351 e. The van der Waals surface area contributed by atoms with E-state index >= 15 is 0 Å². The number of nitrogens with zero attached hydrogens (tertiary/aromatic N) is 4. The van der Waals surface area contributed by atoms with Gasteiger partial charge >= 0.3 is 0 Å². The number of benzene rings is 2. The first-order valence-corrected chi connectivity index (χ1v) is 11.6. The molecule has 32 heavy (non-hydrogen) atoms. The van der Waals surface area contributed by atoms with E-state index in [4.69, 9.17) is 0 Å². The van der Waals surface area contributed by atoms with E-state index in [1.165, 1.54) is 28.0 Å². The van der Waals surface area contributed by atoms with Crippen LogP contribution >= 0.6 is 11.3 Å². The number of aryl methyl sites for hydroxylation is 4. The fourth-order valence-corrected chi connectivity index (χ4v) is 4.58. The molecule has 0 saturated heterocycles. The van der Waals surface area contributed by atoms with Crippen molar-refractivity contribution in [2.75, 3.05) is 6.54 Å². The van der Waals surface area contributed by atoms with Crippen molar-refractivity contribution in [3.63, 3.8) is 0 Å². The van der Waals surface area contributed by atoms with Gasteiger partial charge in [-0.15, -0.1) is 16.4 Å². The van der Waals surface area contributed by atoms with Gasteiger partial charge in [-0.2, -0.15) is 0 Å². The first-order valence-electron chi connectivity index (χ1n) is 10.7. The molecule has 2 aromatic heterocycles. The molecule has 1 amide bonds. The third kappa shape index (κ3) is 4.62. The number of rotatable bonds is 7. The number of hydrogen-bond donors (Lipinski definition) is 1. The lowest BCUT2D eigenvalue weighted by molar-refractivity contribution is 0.0956. The zero-order valence-electron chi connectivity index (χ0n) is 18.8. The van der Waals surface area contributed by atoms with Crippen LogP contribution in [0.1, 0.15) is 44.2 Å². The van der Waals surface area contributed by atoms with Crippen LogP contribution in [0.15, 0.2) is 48.5 Å². The van der Waals surface area contributed by atoms with E-state index in [0.717, 1.165) is 24.2 Å². The zero-order chi connectivity index (χ0) is 22.7. The lowest BCUT2D eigenvalue weighted by atomic mass is 10.1. The van der Waals surface area contributed by atoms with Gasteiger partial charge in [0.15, 0.2) is 0 Å². The Morgan fingerprint density at radius 3 is 2.56 bits per heavy atom. The van der Waals surface area contributed by atoms with Gasteiger partial charge in [0.05, 0.1) is 17.1 Å². The average Bonchev–Trinajstić information content (AvgIpc) is 3.36. The van der Waals surface area contributed by atoms with Crippen LogP contribution < -0.4 is 5.32 Å². The van der Waals surface area contributed by atoms with Gasteiger partial charge in [0.1, 0.15) is 15.6 Å². The molecule has 0 bridgehead atoms. The van der Waals surface area contributed by atoms with E-state index < -0.39 is 0 Å². The number of nitrogens with one attached hydrogen (secondary N) is 1. The summed E-state index contributed by atoms with van der Waals surface area (Å²) in [4.78, 5) is 18.0. The predicted octanol–water partition coefficient (Wildman–Crippen LogP) is 4.99. The first-order chi connectivity index (χ1) is 15.4. The van der Waals surface area contributed by atoms with E-state index in [1.54, 1.807) is 0 Å². The minimum absolute atomic E-state index is 0.0847. The molecule has 164 valence electrons. The maximum Gasteiger partial charge on any atom is 0.263 e. The van der Waals surface area contributed by atoms with Gasteiger partial charge in [-0.3, -0.25) is 4.79 Å². The van der Waals surface area contributed by atoms with E-state index in [1.807, 2.05) is 42.8 Å². The molecule has 7 heteroatoms. The lowest BCUT2D eigenvalue weighted by Gasteiger charge is -2.06. The third-order valence-electron chi connectivity index (χ3n) is 5.61. The maximum absolute atomic E-state index is 12.7. The number of carbonyl (C=O) groups excluding carboxylic acids is 1. The lowest BCUT2D eigenvalue weighted by Crippen LogP contribution is -2.24. The molecule has 0 atom stereocenters. The molecule has 0 unspecified atom stereocenters. The molecule has 0 aliphatic heterocycles. The Labute approximate surface area is 192 Å². The number of thiazole rings is 1. The highest BCUT2D eigenvalue weighted by Crippen LogP contribution is 2.29. The maximum atomic E-state index is 12.7. The van der Waals surface area contributed by atoms with Gasteiger partial charge in [-0.25, -0.2) is 9.67 Å². The zero-order valence-corrected chi connectivity index (χ0v) is 19.7. The summed E-state index contributed by atoms with van der Waals surface area (Å²) < 4.78 is 1.82. The number of amides is 1. The quantitative estimate of drug-likeness (QED) is 0.407. The molecule has 6 nitrogen and oxygen atoms in total. The van der Waals surface area contributed by atoms with E-state index in [2.05, 4.69) is 58.7 Å². The first kappa shape index (κ1) is 21.9. The molecule has 1 N–H and O–H groups in total. The molecule has 0 spiro atoms. The monoisotopic (exact) mass is 445 g/mol. The molecule has 0 radical (unpaired) electrons. The van der Waals surface area contributed by atoms with Gasteiger partial charge in [0, 0.05) is 6.54 Å². The second kappa shape index (κ2) is 9.44. The van der Waals surface area contributed by atoms with Crippen LogP contribution in [0.5, 0.6) is 0 Å². The van der Waals surface area contributed by atoms with Crippen LogP contribution in [0.3, 0.4) is 0 Å². The molecule has 4 aromatic rings. The van der Waals surface area contributed by atoms with Crippen molar-refractivity contribution in [2.45, 2.75) is 40.5 Å². The van der Waals surface area contributed by atoms with Crippen molar-refractivity contribution in [1.82, 2.24) is 25.3 Å². The molecule has 2 heterocycles.